The van der Waals surface area contributed by atoms with Gasteiger partial charge in [0, 0.05) is 12.2 Å². The first-order chi connectivity index (χ1) is 14.1. The second kappa shape index (κ2) is 17.4. The van der Waals surface area contributed by atoms with Crippen molar-refractivity contribution in [2.45, 2.75) is 111 Å². The Balaban J connectivity index is 1.85. The summed E-state index contributed by atoms with van der Waals surface area (Å²) in [5.41, 5.74) is 3.47. The normalized spacial score (nSPS) is 10.9. The summed E-state index contributed by atoms with van der Waals surface area (Å²) in [4.78, 5) is 12.0. The van der Waals surface area contributed by atoms with Crippen LogP contribution in [0.2, 0.25) is 0 Å². The van der Waals surface area contributed by atoms with E-state index in [1.807, 2.05) is 6.07 Å². The summed E-state index contributed by atoms with van der Waals surface area (Å²) in [6.07, 6.45) is 19.1. The maximum absolute atomic E-state index is 12.0. The van der Waals surface area contributed by atoms with Crippen molar-refractivity contribution in [1.82, 2.24) is 5.32 Å². The number of carbonyl (C=O) groups is 1. The maximum atomic E-state index is 12.0. The second-order valence-electron chi connectivity index (χ2n) is 8.62. The van der Waals surface area contributed by atoms with Gasteiger partial charge in [-0.1, -0.05) is 108 Å². The van der Waals surface area contributed by atoms with Crippen LogP contribution in [0.1, 0.15) is 108 Å². The van der Waals surface area contributed by atoms with Crippen LogP contribution in [0, 0.1) is 13.8 Å². The highest BCUT2D eigenvalue weighted by Crippen LogP contribution is 2.15. The van der Waals surface area contributed by atoms with Crippen molar-refractivity contribution in [3.63, 3.8) is 0 Å². The molecular weight excluding hydrogens is 356 g/mol. The number of nitrogens with one attached hydrogen (secondary N) is 2. The molecule has 0 aliphatic rings. The van der Waals surface area contributed by atoms with Gasteiger partial charge in [0.2, 0.25) is 5.91 Å². The fourth-order valence-electron chi connectivity index (χ4n) is 3.80. The number of unbranched alkanes of at least 4 members (excludes halogenated alkanes) is 13. The van der Waals surface area contributed by atoms with Gasteiger partial charge in [-0.15, -0.1) is 0 Å². The van der Waals surface area contributed by atoms with E-state index in [-0.39, 0.29) is 5.91 Å². The minimum atomic E-state index is 0.0830. The zero-order valence-corrected chi connectivity index (χ0v) is 19.5. The fraction of sp³-hybridized carbons (Fsp3) is 0.731. The average Bonchev–Trinajstić information content (AvgIpc) is 2.70. The summed E-state index contributed by atoms with van der Waals surface area (Å²) in [5.74, 6) is 0.0830. The van der Waals surface area contributed by atoms with E-state index >= 15 is 0 Å². The third kappa shape index (κ3) is 14.2. The Bertz CT molecular complexity index is 542. The summed E-state index contributed by atoms with van der Waals surface area (Å²) < 4.78 is 0. The lowest BCUT2D eigenvalue weighted by Gasteiger charge is -2.10. The van der Waals surface area contributed by atoms with Crippen molar-refractivity contribution in [3.05, 3.63) is 29.3 Å². The molecule has 3 heteroatoms. The Hall–Kier alpha value is -1.51. The highest BCUT2D eigenvalue weighted by molar-refractivity contribution is 5.80. The van der Waals surface area contributed by atoms with Gasteiger partial charge in [0.25, 0.3) is 0 Å². The van der Waals surface area contributed by atoms with Gasteiger partial charge in [0.05, 0.1) is 6.54 Å². The number of carbonyl (C=O) groups excluding carboxylic acids is 1. The van der Waals surface area contributed by atoms with Crippen LogP contribution in [0.15, 0.2) is 18.2 Å². The van der Waals surface area contributed by atoms with Crippen LogP contribution in [0.25, 0.3) is 0 Å². The summed E-state index contributed by atoms with van der Waals surface area (Å²) in [6.45, 7) is 7.58. The van der Waals surface area contributed by atoms with Crippen LogP contribution in [0.5, 0.6) is 0 Å². The molecule has 166 valence electrons. The molecule has 29 heavy (non-hydrogen) atoms. The number of benzene rings is 1. The lowest BCUT2D eigenvalue weighted by molar-refractivity contribution is -0.119. The lowest BCUT2D eigenvalue weighted by Crippen LogP contribution is -2.30. The molecule has 0 heterocycles. The Morgan fingerprint density at radius 2 is 1.28 bits per heavy atom. The van der Waals surface area contributed by atoms with Gasteiger partial charge >= 0.3 is 0 Å². The van der Waals surface area contributed by atoms with Crippen molar-refractivity contribution in [3.8, 4) is 0 Å². The summed E-state index contributed by atoms with van der Waals surface area (Å²) in [7, 11) is 0. The highest BCUT2D eigenvalue weighted by Gasteiger charge is 2.03. The molecular formula is C26H46N2O. The number of anilines is 1. The van der Waals surface area contributed by atoms with Crippen molar-refractivity contribution in [1.29, 1.82) is 0 Å². The molecule has 0 spiro atoms. The van der Waals surface area contributed by atoms with Crippen LogP contribution in [-0.4, -0.2) is 19.0 Å². The standard InChI is InChI=1S/C26H46N2O/c1-4-5-6-7-8-9-10-11-12-13-14-15-16-17-20-27-26(29)22-28-25-19-18-23(2)21-24(25)3/h18-19,21,28H,4-17,20,22H2,1-3H3,(H,27,29). The van der Waals surface area contributed by atoms with Crippen LogP contribution < -0.4 is 10.6 Å². The number of hydrogen-bond acceptors (Lipinski definition) is 2. The summed E-state index contributed by atoms with van der Waals surface area (Å²) in [6, 6.07) is 6.25. The molecule has 0 aromatic heterocycles. The van der Waals surface area contributed by atoms with Gasteiger partial charge in [0.1, 0.15) is 0 Å². The zero-order valence-electron chi connectivity index (χ0n) is 19.5. The Morgan fingerprint density at radius 3 is 1.79 bits per heavy atom. The Morgan fingerprint density at radius 1 is 0.759 bits per heavy atom. The zero-order chi connectivity index (χ0) is 21.2. The second-order valence-corrected chi connectivity index (χ2v) is 8.62. The minimum Gasteiger partial charge on any atom is -0.376 e. The van der Waals surface area contributed by atoms with Gasteiger partial charge in [0.15, 0.2) is 0 Å². The fourth-order valence-corrected chi connectivity index (χ4v) is 3.80. The van der Waals surface area contributed by atoms with Gasteiger partial charge in [-0.2, -0.15) is 0 Å². The minimum absolute atomic E-state index is 0.0830. The smallest absolute Gasteiger partial charge is 0.239 e. The molecule has 0 saturated carbocycles. The molecule has 0 aliphatic heterocycles. The SMILES string of the molecule is CCCCCCCCCCCCCCCCNC(=O)CNc1ccc(C)cc1C. The predicted octanol–water partition coefficient (Wildman–Crippen LogP) is 7.31. The molecule has 0 aliphatic carbocycles. The Labute approximate surface area is 180 Å². The molecule has 1 amide bonds. The van der Waals surface area contributed by atoms with Crippen molar-refractivity contribution in [2.24, 2.45) is 0 Å². The third-order valence-corrected chi connectivity index (χ3v) is 5.67. The number of hydrogen-bond donors (Lipinski definition) is 2. The molecule has 0 bridgehead atoms. The monoisotopic (exact) mass is 402 g/mol. The van der Waals surface area contributed by atoms with E-state index in [2.05, 4.69) is 43.5 Å². The molecule has 0 saturated heterocycles. The van der Waals surface area contributed by atoms with E-state index in [1.54, 1.807) is 0 Å². The van der Waals surface area contributed by atoms with E-state index < -0.39 is 0 Å². The maximum Gasteiger partial charge on any atom is 0.239 e. The van der Waals surface area contributed by atoms with Gasteiger partial charge in [-0.05, 0) is 31.9 Å². The molecule has 0 fully saturated rings. The molecule has 0 atom stereocenters. The van der Waals surface area contributed by atoms with Crippen LogP contribution in [0.4, 0.5) is 5.69 Å². The van der Waals surface area contributed by atoms with E-state index in [4.69, 9.17) is 0 Å². The van der Waals surface area contributed by atoms with E-state index in [1.165, 1.54) is 94.6 Å². The average molecular weight is 403 g/mol. The molecule has 1 aromatic rings. The molecule has 0 unspecified atom stereocenters. The molecule has 1 aromatic carbocycles. The number of rotatable bonds is 18. The van der Waals surface area contributed by atoms with Crippen molar-refractivity contribution >= 4 is 11.6 Å². The number of amides is 1. The van der Waals surface area contributed by atoms with E-state index in [9.17, 15) is 4.79 Å². The molecule has 1 rings (SSSR count). The molecule has 0 radical (unpaired) electrons. The van der Waals surface area contributed by atoms with Crippen molar-refractivity contribution < 1.29 is 4.79 Å². The first-order valence-electron chi connectivity index (χ1n) is 12.2. The predicted molar refractivity (Wildman–Crippen MR) is 128 cm³/mol. The van der Waals surface area contributed by atoms with Crippen molar-refractivity contribution in [2.75, 3.05) is 18.4 Å². The van der Waals surface area contributed by atoms with Crippen LogP contribution in [0.3, 0.4) is 0 Å². The first-order valence-corrected chi connectivity index (χ1v) is 12.2. The number of aryl methyl sites for hydroxylation is 2. The van der Waals surface area contributed by atoms with E-state index in [0.717, 1.165) is 18.7 Å². The molecule has 3 nitrogen and oxygen atoms in total. The van der Waals surface area contributed by atoms with Gasteiger partial charge < -0.3 is 10.6 Å². The van der Waals surface area contributed by atoms with Gasteiger partial charge in [-0.25, -0.2) is 0 Å². The quantitative estimate of drug-likeness (QED) is 0.253. The van der Waals surface area contributed by atoms with Crippen LogP contribution in [-0.2, 0) is 4.79 Å². The third-order valence-electron chi connectivity index (χ3n) is 5.67. The highest BCUT2D eigenvalue weighted by atomic mass is 16.1. The first kappa shape index (κ1) is 25.5. The lowest BCUT2D eigenvalue weighted by atomic mass is 10.0. The Kier molecular flexibility index (Phi) is 15.3. The van der Waals surface area contributed by atoms with E-state index in [0.29, 0.717) is 6.54 Å². The summed E-state index contributed by atoms with van der Waals surface area (Å²) in [5, 5.41) is 6.26. The van der Waals surface area contributed by atoms with Gasteiger partial charge in [-0.3, -0.25) is 4.79 Å². The topological polar surface area (TPSA) is 41.1 Å². The largest absolute Gasteiger partial charge is 0.376 e. The summed E-state index contributed by atoms with van der Waals surface area (Å²) >= 11 is 0. The molecule has 2 N–H and O–H groups in total. The van der Waals surface area contributed by atoms with Crippen LogP contribution >= 0.6 is 0 Å².